The van der Waals surface area contributed by atoms with Gasteiger partial charge in [0.1, 0.15) is 0 Å². The molecule has 1 aliphatic rings. The Bertz CT molecular complexity index is 492. The van der Waals surface area contributed by atoms with E-state index < -0.39 is 0 Å². The second kappa shape index (κ2) is 7.04. The maximum Gasteiger partial charge on any atom is 0.231 e. The van der Waals surface area contributed by atoms with E-state index in [2.05, 4.69) is 10.00 Å². The molecule has 1 amide bonds. The first-order valence-electron chi connectivity index (χ1n) is 7.69. The van der Waals surface area contributed by atoms with Gasteiger partial charge in [-0.05, 0) is 26.7 Å². The van der Waals surface area contributed by atoms with Crippen LogP contribution in [0.15, 0.2) is 0 Å². The van der Waals surface area contributed by atoms with Crippen LogP contribution in [0.2, 0.25) is 0 Å². The van der Waals surface area contributed by atoms with Gasteiger partial charge in [0.15, 0.2) is 0 Å². The quantitative estimate of drug-likeness (QED) is 0.776. The Kier molecular flexibility index (Phi) is 5.36. The fraction of sp³-hybridized carbons (Fsp3) is 0.733. The summed E-state index contributed by atoms with van der Waals surface area (Å²) in [6, 6.07) is 0.442. The molecule has 1 saturated carbocycles. The highest BCUT2D eigenvalue weighted by Crippen LogP contribution is 2.26. The molecule has 1 heterocycles. The summed E-state index contributed by atoms with van der Waals surface area (Å²) in [7, 11) is 0. The molecule has 1 aromatic heterocycles. The lowest BCUT2D eigenvalue weighted by molar-refractivity contribution is -0.119. The lowest BCUT2D eigenvalue weighted by atomic mass is 10.1. The van der Waals surface area contributed by atoms with Crippen LogP contribution in [0.25, 0.3) is 0 Å². The zero-order chi connectivity index (χ0) is 15.4. The average Bonchev–Trinajstić information content (AvgIpc) is 3.02. The Hall–Kier alpha value is -1.40. The molecule has 21 heavy (non-hydrogen) atoms. The van der Waals surface area contributed by atoms with Gasteiger partial charge in [0.25, 0.3) is 0 Å². The van der Waals surface area contributed by atoms with Crippen molar-refractivity contribution in [2.24, 2.45) is 5.73 Å². The van der Waals surface area contributed by atoms with Gasteiger partial charge in [-0.2, -0.15) is 5.10 Å². The zero-order valence-corrected chi connectivity index (χ0v) is 13.0. The van der Waals surface area contributed by atoms with Gasteiger partial charge in [-0.15, -0.1) is 0 Å². The highest BCUT2D eigenvalue weighted by Gasteiger charge is 2.25. The Balaban J connectivity index is 2.17. The molecule has 0 radical (unpaired) electrons. The minimum Gasteiger partial charge on any atom is -0.394 e. The average molecular weight is 294 g/mol. The van der Waals surface area contributed by atoms with E-state index in [4.69, 9.17) is 10.8 Å². The topological polar surface area (TPSA) is 84.4 Å². The van der Waals surface area contributed by atoms with Gasteiger partial charge in [0.05, 0.1) is 25.4 Å². The van der Waals surface area contributed by atoms with Crippen LogP contribution >= 0.6 is 0 Å². The molecule has 3 N–H and O–H groups in total. The number of aryl methyl sites for hydroxylation is 1. The molecular formula is C15H26N4O2. The number of amides is 1. The lowest BCUT2D eigenvalue weighted by Crippen LogP contribution is -2.39. The van der Waals surface area contributed by atoms with Crippen molar-refractivity contribution >= 4 is 5.91 Å². The van der Waals surface area contributed by atoms with E-state index in [1.165, 1.54) is 12.8 Å². The van der Waals surface area contributed by atoms with E-state index in [1.54, 1.807) is 0 Å². The van der Waals surface area contributed by atoms with Crippen LogP contribution in [0, 0.1) is 13.8 Å². The summed E-state index contributed by atoms with van der Waals surface area (Å²) in [4.78, 5) is 13.6. The molecule has 0 bridgehead atoms. The van der Waals surface area contributed by atoms with Gasteiger partial charge in [0.2, 0.25) is 5.91 Å². The summed E-state index contributed by atoms with van der Waals surface area (Å²) in [6.07, 6.45) is 4.72. The van der Waals surface area contributed by atoms with Crippen molar-refractivity contribution in [2.75, 3.05) is 13.2 Å². The van der Waals surface area contributed by atoms with Crippen LogP contribution in [-0.2, 0) is 17.9 Å². The number of primary amides is 1. The first-order valence-corrected chi connectivity index (χ1v) is 7.69. The summed E-state index contributed by atoms with van der Waals surface area (Å²) >= 11 is 0. The van der Waals surface area contributed by atoms with Crippen LogP contribution < -0.4 is 5.73 Å². The highest BCUT2D eigenvalue weighted by atomic mass is 16.3. The van der Waals surface area contributed by atoms with Crippen molar-refractivity contribution in [3.05, 3.63) is 17.0 Å². The monoisotopic (exact) mass is 294 g/mol. The van der Waals surface area contributed by atoms with E-state index in [9.17, 15) is 4.79 Å². The molecular weight excluding hydrogens is 268 g/mol. The molecule has 0 spiro atoms. The molecule has 0 aliphatic heterocycles. The van der Waals surface area contributed by atoms with Gasteiger partial charge in [-0.25, -0.2) is 0 Å². The number of nitrogens with zero attached hydrogens (tertiary/aromatic N) is 3. The fourth-order valence-electron chi connectivity index (χ4n) is 3.26. The molecule has 0 saturated heterocycles. The van der Waals surface area contributed by atoms with Gasteiger partial charge in [0, 0.05) is 23.8 Å². The number of rotatable bonds is 7. The Labute approximate surface area is 125 Å². The third-order valence-corrected chi connectivity index (χ3v) is 4.40. The third-order valence-electron chi connectivity index (χ3n) is 4.40. The summed E-state index contributed by atoms with van der Waals surface area (Å²) in [5.74, 6) is -0.278. The number of hydrogen-bond acceptors (Lipinski definition) is 4. The van der Waals surface area contributed by atoms with Gasteiger partial charge < -0.3 is 10.8 Å². The number of aliphatic hydroxyl groups is 1. The number of aromatic nitrogens is 2. The first-order chi connectivity index (χ1) is 10.0. The second-order valence-corrected chi connectivity index (χ2v) is 5.91. The third kappa shape index (κ3) is 3.83. The predicted molar refractivity (Wildman–Crippen MR) is 80.6 cm³/mol. The van der Waals surface area contributed by atoms with Crippen LogP contribution in [-0.4, -0.2) is 44.9 Å². The Morgan fingerprint density at radius 1 is 1.43 bits per heavy atom. The van der Waals surface area contributed by atoms with Crippen molar-refractivity contribution in [3.63, 3.8) is 0 Å². The normalized spacial score (nSPS) is 16.0. The number of nitrogens with two attached hydrogens (primary N) is 1. The van der Waals surface area contributed by atoms with Crippen molar-refractivity contribution in [2.45, 2.75) is 58.7 Å². The SMILES string of the molecule is Cc1nn(CCO)c(C)c1CN(CC(N)=O)C1CCCC1. The van der Waals surface area contributed by atoms with Crippen LogP contribution in [0.3, 0.4) is 0 Å². The zero-order valence-electron chi connectivity index (χ0n) is 13.0. The van der Waals surface area contributed by atoms with E-state index in [1.807, 2.05) is 18.5 Å². The second-order valence-electron chi connectivity index (χ2n) is 5.91. The number of carbonyl (C=O) groups is 1. The van der Waals surface area contributed by atoms with Crippen LogP contribution in [0.1, 0.15) is 42.6 Å². The maximum atomic E-state index is 11.4. The minimum absolute atomic E-state index is 0.0784. The Morgan fingerprint density at radius 3 is 2.67 bits per heavy atom. The molecule has 0 aromatic carbocycles. The molecule has 0 unspecified atom stereocenters. The van der Waals surface area contributed by atoms with Crippen LogP contribution in [0.4, 0.5) is 0 Å². The summed E-state index contributed by atoms with van der Waals surface area (Å²) in [5, 5.41) is 13.6. The van der Waals surface area contributed by atoms with E-state index in [-0.39, 0.29) is 12.5 Å². The van der Waals surface area contributed by atoms with Gasteiger partial charge in [-0.3, -0.25) is 14.4 Å². The molecule has 0 atom stereocenters. The smallest absolute Gasteiger partial charge is 0.231 e. The molecule has 2 rings (SSSR count). The van der Waals surface area contributed by atoms with Crippen molar-refractivity contribution in [1.82, 2.24) is 14.7 Å². The molecule has 118 valence electrons. The van der Waals surface area contributed by atoms with E-state index >= 15 is 0 Å². The molecule has 1 aliphatic carbocycles. The maximum absolute atomic E-state index is 11.4. The van der Waals surface area contributed by atoms with Gasteiger partial charge in [-0.1, -0.05) is 12.8 Å². The summed E-state index contributed by atoms with van der Waals surface area (Å²) in [5.41, 5.74) is 8.59. The first kappa shape index (κ1) is 16.0. The number of hydrogen-bond donors (Lipinski definition) is 2. The van der Waals surface area contributed by atoms with Crippen LogP contribution in [0.5, 0.6) is 0 Å². The standard InChI is InChI=1S/C15H26N4O2/c1-11-14(12(2)19(17-11)7-8-20)9-18(10-15(16)21)13-5-3-4-6-13/h13,20H,3-10H2,1-2H3,(H2,16,21). The largest absolute Gasteiger partial charge is 0.394 e. The summed E-state index contributed by atoms with van der Waals surface area (Å²) < 4.78 is 1.84. The van der Waals surface area contributed by atoms with Crippen molar-refractivity contribution < 1.29 is 9.90 Å². The minimum atomic E-state index is -0.278. The lowest BCUT2D eigenvalue weighted by Gasteiger charge is -2.27. The highest BCUT2D eigenvalue weighted by molar-refractivity contribution is 5.76. The molecule has 1 aromatic rings. The fourth-order valence-corrected chi connectivity index (χ4v) is 3.26. The number of carbonyl (C=O) groups excluding carboxylic acids is 1. The molecule has 6 nitrogen and oxygen atoms in total. The van der Waals surface area contributed by atoms with E-state index in [0.717, 1.165) is 29.8 Å². The Morgan fingerprint density at radius 2 is 2.10 bits per heavy atom. The predicted octanol–water partition coefficient (Wildman–Crippen LogP) is 0.722. The van der Waals surface area contributed by atoms with E-state index in [0.29, 0.717) is 25.7 Å². The molecule has 6 heteroatoms. The van der Waals surface area contributed by atoms with Crippen molar-refractivity contribution in [3.8, 4) is 0 Å². The summed E-state index contributed by atoms with van der Waals surface area (Å²) in [6.45, 7) is 5.59. The van der Waals surface area contributed by atoms with Gasteiger partial charge >= 0.3 is 0 Å². The van der Waals surface area contributed by atoms with Crippen molar-refractivity contribution in [1.29, 1.82) is 0 Å². The molecule has 1 fully saturated rings. The number of aliphatic hydroxyl groups excluding tert-OH is 1.